The average molecular weight is 462 g/mol. The Balaban J connectivity index is 1.16. The summed E-state index contributed by atoms with van der Waals surface area (Å²) in [5.41, 5.74) is 4.91. The lowest BCUT2D eigenvalue weighted by Gasteiger charge is -2.09. The van der Waals surface area contributed by atoms with Crippen molar-refractivity contribution >= 4 is 56.7 Å². The fourth-order valence-corrected chi connectivity index (χ4v) is 4.71. The van der Waals surface area contributed by atoms with Gasteiger partial charge >= 0.3 is 0 Å². The van der Waals surface area contributed by atoms with Crippen molar-refractivity contribution in [3.05, 3.63) is 87.7 Å². The molecule has 1 aliphatic heterocycles. The second kappa shape index (κ2) is 9.10. The zero-order valence-corrected chi connectivity index (χ0v) is 18.7. The summed E-state index contributed by atoms with van der Waals surface area (Å²) in [5, 5.41) is 8.77. The number of rotatable bonds is 7. The van der Waals surface area contributed by atoms with Crippen LogP contribution in [0.15, 0.2) is 78.1 Å². The highest BCUT2D eigenvalue weighted by molar-refractivity contribution is 7.18. The highest BCUT2D eigenvalue weighted by atomic mass is 35.5. The number of ketones is 1. The Bertz CT molecular complexity index is 1300. The topological polar surface area (TPSA) is 63.6 Å². The molecule has 160 valence electrons. The summed E-state index contributed by atoms with van der Waals surface area (Å²) in [6.07, 6.45) is 3.48. The molecule has 0 saturated carbocycles. The van der Waals surface area contributed by atoms with Gasteiger partial charge in [0.15, 0.2) is 5.78 Å². The molecule has 0 amide bonds. The summed E-state index contributed by atoms with van der Waals surface area (Å²) in [6, 6.07) is 21.8. The summed E-state index contributed by atoms with van der Waals surface area (Å²) < 4.78 is 0.631. The molecule has 1 atom stereocenters. The van der Waals surface area contributed by atoms with Gasteiger partial charge < -0.3 is 10.2 Å². The van der Waals surface area contributed by atoms with Crippen molar-refractivity contribution < 1.29 is 9.63 Å². The number of thiophene rings is 1. The zero-order valence-electron chi connectivity index (χ0n) is 17.1. The van der Waals surface area contributed by atoms with Crippen molar-refractivity contribution in [2.45, 2.75) is 25.4 Å². The number of carbonyl (C=O) groups is 1. The van der Waals surface area contributed by atoms with Crippen molar-refractivity contribution in [3.8, 4) is 0 Å². The Morgan fingerprint density at radius 1 is 1.09 bits per heavy atom. The molecule has 0 spiro atoms. The fraction of sp³-hybridized carbons (Fsp3) is 0.160. The van der Waals surface area contributed by atoms with E-state index in [1.165, 1.54) is 11.3 Å². The van der Waals surface area contributed by atoms with Gasteiger partial charge in [-0.15, -0.1) is 11.3 Å². The van der Waals surface area contributed by atoms with Gasteiger partial charge in [-0.2, -0.15) is 0 Å². The van der Waals surface area contributed by atoms with Crippen LogP contribution in [0.2, 0.25) is 4.34 Å². The first-order valence-electron chi connectivity index (χ1n) is 10.4. The lowest BCUT2D eigenvalue weighted by atomic mass is 10.0. The SMILES string of the molecule is O=C(CCC1CC(c2ccc(Nc3ccc4ncccc4c3)cc2)=NO1)c1ccc(Cl)s1. The van der Waals surface area contributed by atoms with Crippen molar-refractivity contribution in [1.82, 2.24) is 4.98 Å². The number of carbonyl (C=O) groups excluding carboxylic acids is 1. The summed E-state index contributed by atoms with van der Waals surface area (Å²) in [7, 11) is 0. The molecule has 0 bridgehead atoms. The van der Waals surface area contributed by atoms with Crippen molar-refractivity contribution in [3.63, 3.8) is 0 Å². The smallest absolute Gasteiger partial charge is 0.172 e. The number of nitrogens with zero attached hydrogens (tertiary/aromatic N) is 2. The van der Waals surface area contributed by atoms with Crippen LogP contribution in [0.1, 0.15) is 34.5 Å². The van der Waals surface area contributed by atoms with Crippen LogP contribution in [0, 0.1) is 0 Å². The first kappa shape index (κ1) is 20.7. The van der Waals surface area contributed by atoms with Crippen LogP contribution in [0.5, 0.6) is 0 Å². The molecule has 0 aliphatic carbocycles. The maximum atomic E-state index is 12.3. The third-order valence-electron chi connectivity index (χ3n) is 5.38. The number of hydrogen-bond acceptors (Lipinski definition) is 6. The molecule has 1 N–H and O–H groups in total. The van der Waals surface area contributed by atoms with Gasteiger partial charge in [0.05, 0.1) is 20.4 Å². The van der Waals surface area contributed by atoms with E-state index in [2.05, 4.69) is 27.6 Å². The Hall–Kier alpha value is -3.22. The normalized spacial score (nSPS) is 15.4. The molecule has 5 rings (SSSR count). The van der Waals surface area contributed by atoms with Crippen LogP contribution in [0.3, 0.4) is 0 Å². The van der Waals surface area contributed by atoms with Gasteiger partial charge in [0.25, 0.3) is 0 Å². The molecule has 7 heteroatoms. The summed E-state index contributed by atoms with van der Waals surface area (Å²) in [5.74, 6) is 0.0962. The number of hydrogen-bond donors (Lipinski definition) is 1. The van der Waals surface area contributed by atoms with Crippen molar-refractivity contribution in [2.24, 2.45) is 5.16 Å². The number of nitrogens with one attached hydrogen (secondary N) is 1. The van der Waals surface area contributed by atoms with E-state index in [1.54, 1.807) is 18.3 Å². The first-order chi connectivity index (χ1) is 15.6. The maximum absolute atomic E-state index is 12.3. The molecular formula is C25H20ClN3O2S. The fourth-order valence-electron chi connectivity index (χ4n) is 3.70. The molecule has 0 saturated heterocycles. The molecule has 32 heavy (non-hydrogen) atoms. The number of benzene rings is 2. The van der Waals surface area contributed by atoms with Gasteiger partial charge in [-0.3, -0.25) is 9.78 Å². The number of halogens is 1. The summed E-state index contributed by atoms with van der Waals surface area (Å²) >= 11 is 7.23. The number of anilines is 2. The standard InChI is InChI=1S/C25H20ClN3O2S/c26-25-12-11-24(32-25)23(30)10-8-20-15-22(29-31-20)16-3-5-18(6-4-16)28-19-7-9-21-17(14-19)2-1-13-27-21/h1-7,9,11-14,20,28H,8,10,15H2. The maximum Gasteiger partial charge on any atom is 0.172 e. The third-order valence-corrected chi connectivity index (χ3v) is 6.66. The van der Waals surface area contributed by atoms with Gasteiger partial charge in [0.2, 0.25) is 0 Å². The molecule has 2 aromatic carbocycles. The molecule has 0 fully saturated rings. The van der Waals surface area contributed by atoms with Gasteiger partial charge in [-0.25, -0.2) is 0 Å². The van der Waals surface area contributed by atoms with Gasteiger partial charge in [-0.05, 0) is 60.5 Å². The quantitative estimate of drug-likeness (QED) is 0.306. The number of fused-ring (bicyclic) bond motifs is 1. The van der Waals surface area contributed by atoms with Crippen LogP contribution in [0.25, 0.3) is 10.9 Å². The van der Waals surface area contributed by atoms with Crippen LogP contribution in [0.4, 0.5) is 11.4 Å². The number of oxime groups is 1. The molecule has 1 unspecified atom stereocenters. The molecule has 1 aliphatic rings. The first-order valence-corrected chi connectivity index (χ1v) is 11.6. The Morgan fingerprint density at radius 2 is 1.94 bits per heavy atom. The number of pyridine rings is 1. The largest absolute Gasteiger partial charge is 0.392 e. The van der Waals surface area contributed by atoms with Crippen LogP contribution in [-0.4, -0.2) is 22.6 Å². The van der Waals surface area contributed by atoms with E-state index in [4.69, 9.17) is 16.4 Å². The van der Waals surface area contributed by atoms with Gasteiger partial charge in [0.1, 0.15) is 6.10 Å². The Kier molecular flexibility index (Phi) is 5.88. The zero-order chi connectivity index (χ0) is 21.9. The predicted octanol–water partition coefficient (Wildman–Crippen LogP) is 6.85. The Labute approximate surface area is 194 Å². The van der Waals surface area contributed by atoms with Gasteiger partial charge in [-0.1, -0.05) is 35.0 Å². The van der Waals surface area contributed by atoms with E-state index in [0.717, 1.165) is 33.6 Å². The van der Waals surface area contributed by atoms with E-state index in [0.29, 0.717) is 28.5 Å². The minimum Gasteiger partial charge on any atom is -0.392 e. The molecular weight excluding hydrogens is 442 g/mol. The third kappa shape index (κ3) is 4.66. The van der Waals surface area contributed by atoms with Crippen LogP contribution >= 0.6 is 22.9 Å². The highest BCUT2D eigenvalue weighted by Crippen LogP contribution is 2.26. The van der Waals surface area contributed by atoms with Crippen LogP contribution < -0.4 is 5.32 Å². The molecule has 3 heterocycles. The van der Waals surface area contributed by atoms with Crippen molar-refractivity contribution in [1.29, 1.82) is 0 Å². The van der Waals surface area contributed by atoms with E-state index in [-0.39, 0.29) is 11.9 Å². The summed E-state index contributed by atoms with van der Waals surface area (Å²) in [4.78, 5) is 22.9. The average Bonchev–Trinajstić information content (AvgIpc) is 3.47. The minimum absolute atomic E-state index is 0.0756. The molecule has 4 aromatic rings. The second-order valence-electron chi connectivity index (χ2n) is 7.65. The lowest BCUT2D eigenvalue weighted by Crippen LogP contribution is -2.11. The van der Waals surface area contributed by atoms with Crippen LogP contribution in [-0.2, 0) is 4.84 Å². The lowest BCUT2D eigenvalue weighted by molar-refractivity contribution is 0.0720. The van der Waals surface area contributed by atoms with E-state index < -0.39 is 0 Å². The summed E-state index contributed by atoms with van der Waals surface area (Å²) in [6.45, 7) is 0. The second-order valence-corrected chi connectivity index (χ2v) is 9.36. The minimum atomic E-state index is -0.0756. The van der Waals surface area contributed by atoms with E-state index in [1.807, 2.05) is 42.5 Å². The van der Waals surface area contributed by atoms with Crippen molar-refractivity contribution in [2.75, 3.05) is 5.32 Å². The number of Topliss-reactive ketones (excluding diaryl/α,β-unsaturated/α-hetero) is 1. The van der Waals surface area contributed by atoms with Gasteiger partial charge in [0, 0.05) is 35.8 Å². The highest BCUT2D eigenvalue weighted by Gasteiger charge is 2.23. The molecule has 5 nitrogen and oxygen atoms in total. The molecule has 2 aromatic heterocycles. The van der Waals surface area contributed by atoms with E-state index in [9.17, 15) is 4.79 Å². The monoisotopic (exact) mass is 461 g/mol. The van der Waals surface area contributed by atoms with E-state index >= 15 is 0 Å². The Morgan fingerprint density at radius 3 is 2.75 bits per heavy atom. The predicted molar refractivity (Wildman–Crippen MR) is 130 cm³/mol. The molecule has 0 radical (unpaired) electrons. The number of aromatic nitrogens is 1.